The van der Waals surface area contributed by atoms with Gasteiger partial charge in [0, 0.05) is 17.6 Å². The fourth-order valence-electron chi connectivity index (χ4n) is 2.16. The van der Waals surface area contributed by atoms with Crippen LogP contribution in [0.4, 0.5) is 4.39 Å². The monoisotopic (exact) mass is 338 g/mol. The van der Waals surface area contributed by atoms with Crippen molar-refractivity contribution in [2.45, 2.75) is 12.5 Å². The first-order chi connectivity index (χ1) is 9.63. The molecular weight excluding hydrogens is 327 g/mol. The van der Waals surface area contributed by atoms with E-state index in [0.29, 0.717) is 17.6 Å². The Morgan fingerprint density at radius 3 is 2.70 bits per heavy atom. The maximum Gasteiger partial charge on any atom is 0.227 e. The van der Waals surface area contributed by atoms with Gasteiger partial charge in [0.15, 0.2) is 0 Å². The maximum atomic E-state index is 13.0. The quantitative estimate of drug-likeness (QED) is 0.857. The fraction of sp³-hybridized carbons (Fsp3) is 0.308. The van der Waals surface area contributed by atoms with Crippen molar-refractivity contribution in [2.75, 3.05) is 13.1 Å². The molecule has 104 valence electrons. The highest BCUT2D eigenvalue weighted by Gasteiger charge is 2.32. The Labute approximate surface area is 123 Å². The summed E-state index contributed by atoms with van der Waals surface area (Å²) in [6, 6.07) is 4.52. The van der Waals surface area contributed by atoms with E-state index in [1.807, 2.05) is 0 Å². The lowest BCUT2D eigenvalue weighted by Gasteiger charge is -2.38. The molecule has 0 N–H and O–H groups in total. The van der Waals surface area contributed by atoms with Crippen molar-refractivity contribution in [1.29, 1.82) is 0 Å². The summed E-state index contributed by atoms with van der Waals surface area (Å²) in [7, 11) is 0. The topological polar surface area (TPSA) is 51.0 Å². The molecule has 1 saturated heterocycles. The van der Waals surface area contributed by atoms with Crippen LogP contribution < -0.4 is 0 Å². The summed E-state index contributed by atoms with van der Waals surface area (Å²) in [5, 5.41) is 8.12. The number of hydrogen-bond acceptors (Lipinski definition) is 3. The molecule has 2 aromatic rings. The minimum atomic E-state index is -0.318. The molecule has 0 aliphatic carbocycles. The molecule has 0 atom stereocenters. The molecule has 1 aromatic heterocycles. The van der Waals surface area contributed by atoms with Gasteiger partial charge < -0.3 is 4.90 Å². The van der Waals surface area contributed by atoms with Crippen molar-refractivity contribution in [2.24, 2.45) is 0 Å². The van der Waals surface area contributed by atoms with Crippen molar-refractivity contribution in [3.8, 4) is 0 Å². The first kappa shape index (κ1) is 13.2. The third-order valence-electron chi connectivity index (χ3n) is 3.33. The number of aromatic nitrogens is 3. The van der Waals surface area contributed by atoms with Gasteiger partial charge in [0.05, 0.1) is 18.8 Å². The average molecular weight is 339 g/mol. The number of amides is 1. The Kier molecular flexibility index (Phi) is 3.52. The van der Waals surface area contributed by atoms with Gasteiger partial charge in [-0.05, 0) is 17.7 Å². The van der Waals surface area contributed by atoms with Gasteiger partial charge in [0.25, 0.3) is 0 Å². The molecule has 1 aromatic carbocycles. The summed E-state index contributed by atoms with van der Waals surface area (Å²) in [6.07, 6.45) is 3.51. The summed E-state index contributed by atoms with van der Waals surface area (Å²) in [6.45, 7) is 1.23. The second-order valence-corrected chi connectivity index (χ2v) is 5.57. The largest absolute Gasteiger partial charge is 0.338 e. The van der Waals surface area contributed by atoms with Gasteiger partial charge in [-0.25, -0.2) is 4.39 Å². The molecule has 20 heavy (non-hydrogen) atoms. The number of carbonyl (C=O) groups is 1. The van der Waals surface area contributed by atoms with Gasteiger partial charge in [-0.1, -0.05) is 22.0 Å². The predicted octanol–water partition coefficient (Wildman–Crippen LogP) is 1.81. The van der Waals surface area contributed by atoms with E-state index in [4.69, 9.17) is 0 Å². The van der Waals surface area contributed by atoms with Crippen LogP contribution in [0.1, 0.15) is 11.6 Å². The molecule has 1 aliphatic heterocycles. The number of rotatable bonds is 3. The number of halogens is 2. The van der Waals surface area contributed by atoms with Crippen molar-refractivity contribution < 1.29 is 9.18 Å². The lowest BCUT2D eigenvalue weighted by molar-refractivity contribution is -0.136. The van der Waals surface area contributed by atoms with Crippen LogP contribution in [0.15, 0.2) is 35.1 Å². The van der Waals surface area contributed by atoms with E-state index in [1.54, 1.807) is 28.2 Å². The van der Waals surface area contributed by atoms with Gasteiger partial charge in [-0.15, -0.1) is 0 Å². The summed E-state index contributed by atoms with van der Waals surface area (Å²) in [5.74, 6) is -0.289. The summed E-state index contributed by atoms with van der Waals surface area (Å²) in [4.78, 5) is 15.5. The van der Waals surface area contributed by atoms with Crippen LogP contribution in [0.25, 0.3) is 0 Å². The van der Waals surface area contributed by atoms with Gasteiger partial charge in [0.1, 0.15) is 11.9 Å². The Balaban J connectivity index is 1.58. The smallest absolute Gasteiger partial charge is 0.227 e. The van der Waals surface area contributed by atoms with Gasteiger partial charge >= 0.3 is 0 Å². The fourth-order valence-corrected chi connectivity index (χ4v) is 2.65. The first-order valence-corrected chi connectivity index (χ1v) is 7.00. The Hall–Kier alpha value is -1.76. The lowest BCUT2D eigenvalue weighted by atomic mass is 10.1. The third kappa shape index (κ3) is 2.58. The Bertz CT molecular complexity index is 625. The summed E-state index contributed by atoms with van der Waals surface area (Å²) in [5.41, 5.74) is 0.789. The van der Waals surface area contributed by atoms with Gasteiger partial charge in [-0.2, -0.15) is 15.0 Å². The molecule has 1 fully saturated rings. The van der Waals surface area contributed by atoms with Crippen LogP contribution in [0.2, 0.25) is 0 Å². The van der Waals surface area contributed by atoms with Crippen LogP contribution in [0.5, 0.6) is 0 Å². The third-order valence-corrected chi connectivity index (χ3v) is 4.07. The van der Waals surface area contributed by atoms with Crippen molar-refractivity contribution >= 4 is 21.8 Å². The van der Waals surface area contributed by atoms with Crippen LogP contribution in [-0.4, -0.2) is 38.9 Å². The van der Waals surface area contributed by atoms with Crippen LogP contribution >= 0.6 is 15.9 Å². The SMILES string of the molecule is O=C(Cc1ccc(F)cc1Br)N1CC(n2nccn2)C1. The second kappa shape index (κ2) is 5.32. The molecule has 1 amide bonds. The number of hydrogen-bond donors (Lipinski definition) is 0. The minimum Gasteiger partial charge on any atom is -0.338 e. The normalized spacial score (nSPS) is 15.2. The molecule has 0 unspecified atom stereocenters. The molecule has 0 radical (unpaired) electrons. The van der Waals surface area contributed by atoms with E-state index in [2.05, 4.69) is 26.1 Å². The van der Waals surface area contributed by atoms with E-state index in [9.17, 15) is 9.18 Å². The van der Waals surface area contributed by atoms with Crippen LogP contribution in [0, 0.1) is 5.82 Å². The van der Waals surface area contributed by atoms with Crippen LogP contribution in [0.3, 0.4) is 0 Å². The van der Waals surface area contributed by atoms with E-state index < -0.39 is 0 Å². The van der Waals surface area contributed by atoms with Gasteiger partial charge in [-0.3, -0.25) is 4.79 Å². The summed E-state index contributed by atoms with van der Waals surface area (Å²) < 4.78 is 13.6. The zero-order chi connectivity index (χ0) is 14.1. The highest BCUT2D eigenvalue weighted by atomic mass is 79.9. The van der Waals surface area contributed by atoms with Crippen molar-refractivity contribution in [1.82, 2.24) is 19.9 Å². The highest BCUT2D eigenvalue weighted by molar-refractivity contribution is 9.10. The molecule has 2 heterocycles. The van der Waals surface area contributed by atoms with E-state index in [-0.39, 0.29) is 24.2 Å². The number of benzene rings is 1. The zero-order valence-electron chi connectivity index (χ0n) is 10.5. The second-order valence-electron chi connectivity index (χ2n) is 4.71. The van der Waals surface area contributed by atoms with E-state index in [0.717, 1.165) is 5.56 Å². The molecular formula is C13H12BrFN4O. The average Bonchev–Trinajstić information content (AvgIpc) is 2.84. The van der Waals surface area contributed by atoms with Crippen LogP contribution in [-0.2, 0) is 11.2 Å². The minimum absolute atomic E-state index is 0.0284. The maximum absolute atomic E-state index is 13.0. The molecule has 0 spiro atoms. The molecule has 5 nitrogen and oxygen atoms in total. The lowest BCUT2D eigenvalue weighted by Crippen LogP contribution is -2.51. The molecule has 3 rings (SSSR count). The number of nitrogens with zero attached hydrogens (tertiary/aromatic N) is 4. The highest BCUT2D eigenvalue weighted by Crippen LogP contribution is 2.23. The number of carbonyl (C=O) groups excluding carboxylic acids is 1. The van der Waals surface area contributed by atoms with E-state index in [1.165, 1.54) is 12.1 Å². The Morgan fingerprint density at radius 2 is 2.05 bits per heavy atom. The molecule has 0 saturated carbocycles. The van der Waals surface area contributed by atoms with Gasteiger partial charge in [0.2, 0.25) is 5.91 Å². The van der Waals surface area contributed by atoms with Crippen molar-refractivity contribution in [3.05, 3.63) is 46.4 Å². The Morgan fingerprint density at radius 1 is 1.35 bits per heavy atom. The molecule has 1 aliphatic rings. The summed E-state index contributed by atoms with van der Waals surface area (Å²) >= 11 is 3.27. The van der Waals surface area contributed by atoms with E-state index >= 15 is 0 Å². The molecule has 7 heteroatoms. The standard InChI is InChI=1S/C13H12BrFN4O/c14-12-6-10(15)2-1-9(12)5-13(20)18-7-11(8-18)19-16-3-4-17-19/h1-4,6,11H,5,7-8H2. The zero-order valence-corrected chi connectivity index (χ0v) is 12.1. The number of likely N-dealkylation sites (tertiary alicyclic amines) is 1. The van der Waals surface area contributed by atoms with Crippen molar-refractivity contribution in [3.63, 3.8) is 0 Å². The molecule has 0 bridgehead atoms. The first-order valence-electron chi connectivity index (χ1n) is 6.21. The predicted molar refractivity (Wildman–Crippen MR) is 73.4 cm³/mol.